The van der Waals surface area contributed by atoms with E-state index in [0.717, 1.165) is 11.3 Å². The first-order valence-electron chi connectivity index (χ1n) is 9.46. The highest BCUT2D eigenvalue weighted by atomic mass is 32.2. The number of carbonyl (C=O) groups excluding carboxylic acids is 1. The van der Waals surface area contributed by atoms with Crippen molar-refractivity contribution in [2.24, 2.45) is 4.99 Å². The molecule has 1 atom stereocenters. The molecule has 7 nitrogen and oxygen atoms in total. The number of aromatic nitrogens is 1. The SMILES string of the molecule is O=C(CCN=C1NS(=O)(=O)c2ccccc21)NC(c1ccccc1)c1ccccn1. The lowest BCUT2D eigenvalue weighted by Crippen LogP contribution is -2.30. The Bertz CT molecular complexity index is 1140. The molecular formula is C22H20N4O3S. The van der Waals surface area contributed by atoms with Crippen LogP contribution in [-0.2, 0) is 14.8 Å². The molecule has 30 heavy (non-hydrogen) atoms. The second-order valence-corrected chi connectivity index (χ2v) is 8.40. The van der Waals surface area contributed by atoms with Gasteiger partial charge in [-0.1, -0.05) is 48.5 Å². The van der Waals surface area contributed by atoms with Crippen LogP contribution in [0.15, 0.2) is 88.9 Å². The van der Waals surface area contributed by atoms with Gasteiger partial charge in [-0.15, -0.1) is 0 Å². The van der Waals surface area contributed by atoms with Gasteiger partial charge < -0.3 is 5.32 Å². The van der Waals surface area contributed by atoms with E-state index < -0.39 is 10.0 Å². The van der Waals surface area contributed by atoms with E-state index in [0.29, 0.717) is 5.56 Å². The second kappa shape index (κ2) is 8.46. The van der Waals surface area contributed by atoms with Crippen molar-refractivity contribution in [2.45, 2.75) is 17.4 Å². The van der Waals surface area contributed by atoms with Crippen LogP contribution in [0.4, 0.5) is 0 Å². The molecule has 0 fully saturated rings. The number of nitrogens with one attached hydrogen (secondary N) is 2. The third kappa shape index (κ3) is 4.23. The largest absolute Gasteiger partial charge is 0.344 e. The standard InChI is InChI=1S/C22H20N4O3S/c27-20(13-15-24-22-17-10-4-5-12-19(17)30(28,29)26-22)25-21(16-8-2-1-3-9-16)18-11-6-7-14-23-18/h1-12,14,21H,13,15H2,(H,24,26)(H,25,27). The Morgan fingerprint density at radius 3 is 2.50 bits per heavy atom. The number of hydrogen-bond donors (Lipinski definition) is 2. The van der Waals surface area contributed by atoms with Gasteiger partial charge in [-0.05, 0) is 29.8 Å². The van der Waals surface area contributed by atoms with Crippen molar-refractivity contribution < 1.29 is 13.2 Å². The van der Waals surface area contributed by atoms with E-state index in [-0.39, 0.29) is 35.6 Å². The third-order valence-electron chi connectivity index (χ3n) is 4.69. The van der Waals surface area contributed by atoms with Crippen molar-refractivity contribution in [3.05, 3.63) is 95.8 Å². The highest BCUT2D eigenvalue weighted by molar-refractivity contribution is 7.90. The lowest BCUT2D eigenvalue weighted by atomic mass is 10.0. The Kier molecular flexibility index (Phi) is 5.58. The highest BCUT2D eigenvalue weighted by Gasteiger charge is 2.30. The molecule has 2 aromatic carbocycles. The summed E-state index contributed by atoms with van der Waals surface area (Å²) in [4.78, 5) is 21.5. The molecule has 0 aliphatic carbocycles. The predicted octanol–water partition coefficient (Wildman–Crippen LogP) is 2.42. The van der Waals surface area contributed by atoms with E-state index >= 15 is 0 Å². The van der Waals surface area contributed by atoms with E-state index in [1.54, 1.807) is 24.4 Å². The Morgan fingerprint density at radius 1 is 1.00 bits per heavy atom. The number of pyridine rings is 1. The first-order chi connectivity index (χ1) is 14.5. The number of amidine groups is 1. The first-order valence-corrected chi connectivity index (χ1v) is 10.9. The van der Waals surface area contributed by atoms with Crippen LogP contribution in [0, 0.1) is 0 Å². The van der Waals surface area contributed by atoms with Gasteiger partial charge in [0, 0.05) is 18.2 Å². The molecule has 0 spiro atoms. The van der Waals surface area contributed by atoms with E-state index in [1.165, 1.54) is 6.07 Å². The summed E-state index contributed by atoms with van der Waals surface area (Å²) in [5.74, 6) is 0.0655. The zero-order chi connectivity index (χ0) is 21.0. The fraction of sp³-hybridized carbons (Fsp3) is 0.136. The van der Waals surface area contributed by atoms with Crippen molar-refractivity contribution in [3.63, 3.8) is 0 Å². The summed E-state index contributed by atoms with van der Waals surface area (Å²) < 4.78 is 26.7. The molecule has 2 N–H and O–H groups in total. The summed E-state index contributed by atoms with van der Waals surface area (Å²) in [6.07, 6.45) is 1.80. The molecule has 2 heterocycles. The zero-order valence-electron chi connectivity index (χ0n) is 16.0. The van der Waals surface area contributed by atoms with Crippen molar-refractivity contribution in [2.75, 3.05) is 6.54 Å². The smallest absolute Gasteiger partial charge is 0.263 e. The number of aliphatic imine (C=N–C) groups is 1. The molecule has 1 amide bonds. The number of amides is 1. The summed E-state index contributed by atoms with van der Waals surface area (Å²) in [5.41, 5.74) is 2.18. The van der Waals surface area contributed by atoms with Gasteiger partial charge in [0.05, 0.1) is 23.2 Å². The summed E-state index contributed by atoms with van der Waals surface area (Å²) in [5, 5.41) is 3.00. The minimum atomic E-state index is -3.59. The predicted molar refractivity (Wildman–Crippen MR) is 113 cm³/mol. The van der Waals surface area contributed by atoms with Crippen LogP contribution in [0.25, 0.3) is 0 Å². The van der Waals surface area contributed by atoms with Crippen LogP contribution in [0.5, 0.6) is 0 Å². The molecule has 1 aromatic heterocycles. The van der Waals surface area contributed by atoms with Gasteiger partial charge >= 0.3 is 0 Å². The molecule has 0 saturated carbocycles. The Balaban J connectivity index is 1.46. The second-order valence-electron chi connectivity index (χ2n) is 6.75. The monoisotopic (exact) mass is 420 g/mol. The molecule has 3 aromatic rings. The maximum Gasteiger partial charge on any atom is 0.263 e. The van der Waals surface area contributed by atoms with E-state index in [2.05, 4.69) is 20.0 Å². The van der Waals surface area contributed by atoms with Gasteiger partial charge in [0.15, 0.2) is 0 Å². The molecule has 4 rings (SSSR count). The molecule has 152 valence electrons. The van der Waals surface area contributed by atoms with Crippen LogP contribution in [0.3, 0.4) is 0 Å². The minimum absolute atomic E-state index is 0.115. The Labute approximate surface area is 175 Å². The van der Waals surface area contributed by atoms with Crippen molar-refractivity contribution in [1.29, 1.82) is 0 Å². The molecule has 0 saturated heterocycles. The number of hydrogen-bond acceptors (Lipinski definition) is 5. The summed E-state index contributed by atoms with van der Waals surface area (Å²) in [7, 11) is -3.59. The van der Waals surface area contributed by atoms with Gasteiger partial charge in [-0.2, -0.15) is 0 Å². The van der Waals surface area contributed by atoms with E-state index in [9.17, 15) is 13.2 Å². The van der Waals surface area contributed by atoms with Gasteiger partial charge in [0.2, 0.25) is 5.91 Å². The highest BCUT2D eigenvalue weighted by Crippen LogP contribution is 2.22. The maximum absolute atomic E-state index is 12.6. The Hall–Kier alpha value is -3.52. The summed E-state index contributed by atoms with van der Waals surface area (Å²) in [6, 6.07) is 21.4. The zero-order valence-corrected chi connectivity index (χ0v) is 16.8. The van der Waals surface area contributed by atoms with E-state index in [4.69, 9.17) is 0 Å². The van der Waals surface area contributed by atoms with Crippen LogP contribution in [-0.4, -0.2) is 31.7 Å². The molecule has 0 bridgehead atoms. The lowest BCUT2D eigenvalue weighted by Gasteiger charge is -2.18. The van der Waals surface area contributed by atoms with Crippen LogP contribution >= 0.6 is 0 Å². The first kappa shape index (κ1) is 19.8. The molecule has 8 heteroatoms. The summed E-state index contributed by atoms with van der Waals surface area (Å²) in [6.45, 7) is 0.155. The van der Waals surface area contributed by atoms with Crippen LogP contribution in [0.2, 0.25) is 0 Å². The van der Waals surface area contributed by atoms with Gasteiger partial charge in [0.25, 0.3) is 10.0 Å². The van der Waals surface area contributed by atoms with E-state index in [1.807, 2.05) is 48.5 Å². The third-order valence-corrected chi connectivity index (χ3v) is 6.09. The average Bonchev–Trinajstić information content (AvgIpc) is 3.04. The fourth-order valence-electron chi connectivity index (χ4n) is 3.27. The fourth-order valence-corrected chi connectivity index (χ4v) is 4.52. The van der Waals surface area contributed by atoms with Gasteiger partial charge in [-0.3, -0.25) is 19.5 Å². The van der Waals surface area contributed by atoms with Crippen molar-refractivity contribution >= 4 is 21.8 Å². The van der Waals surface area contributed by atoms with Crippen molar-refractivity contribution in [1.82, 2.24) is 15.0 Å². The van der Waals surface area contributed by atoms with Crippen LogP contribution in [0.1, 0.15) is 29.3 Å². The molecule has 1 aliphatic rings. The van der Waals surface area contributed by atoms with Crippen molar-refractivity contribution in [3.8, 4) is 0 Å². The maximum atomic E-state index is 12.6. The number of rotatable bonds is 6. The van der Waals surface area contributed by atoms with Gasteiger partial charge in [0.1, 0.15) is 5.84 Å². The lowest BCUT2D eigenvalue weighted by molar-refractivity contribution is -0.121. The molecule has 1 aliphatic heterocycles. The quantitative estimate of drug-likeness (QED) is 0.640. The number of carbonyl (C=O) groups is 1. The Morgan fingerprint density at radius 2 is 1.73 bits per heavy atom. The van der Waals surface area contributed by atoms with Crippen LogP contribution < -0.4 is 10.0 Å². The number of benzene rings is 2. The molecule has 0 radical (unpaired) electrons. The molecular weight excluding hydrogens is 400 g/mol. The molecule has 1 unspecified atom stereocenters. The van der Waals surface area contributed by atoms with Gasteiger partial charge in [-0.25, -0.2) is 8.42 Å². The minimum Gasteiger partial charge on any atom is -0.344 e. The number of fused-ring (bicyclic) bond motifs is 1. The topological polar surface area (TPSA) is 101 Å². The summed E-state index contributed by atoms with van der Waals surface area (Å²) >= 11 is 0. The normalized spacial score (nSPS) is 16.5. The number of nitrogens with zero attached hydrogens (tertiary/aromatic N) is 2. The average molecular weight is 420 g/mol. The number of sulfonamides is 1.